The van der Waals surface area contributed by atoms with E-state index in [1.807, 2.05) is 18.7 Å². The molecule has 0 fully saturated rings. The number of rotatable bonds is 4. The zero-order valence-electron chi connectivity index (χ0n) is 10.8. The molecule has 0 aliphatic heterocycles. The number of halogens is 3. The summed E-state index contributed by atoms with van der Waals surface area (Å²) in [4.78, 5) is 0. The smallest absolute Gasteiger partial charge is 0.0847 e. The molecule has 2 rings (SSSR count). The number of aryl methyl sites for hydroxylation is 2. The summed E-state index contributed by atoms with van der Waals surface area (Å²) in [6.45, 7) is 1.94. The Morgan fingerprint density at radius 2 is 1.95 bits per heavy atom. The molecule has 1 aromatic heterocycles. The van der Waals surface area contributed by atoms with E-state index in [1.165, 1.54) is 5.56 Å². The molecule has 1 aromatic carbocycles. The van der Waals surface area contributed by atoms with Crippen LogP contribution in [-0.2, 0) is 13.5 Å². The maximum absolute atomic E-state index is 6.32. The van der Waals surface area contributed by atoms with Crippen LogP contribution in [0.25, 0.3) is 0 Å². The monoisotopic (exact) mass is 404 g/mol. The van der Waals surface area contributed by atoms with Gasteiger partial charge in [-0.05, 0) is 37.0 Å². The molecule has 0 radical (unpaired) electrons. The predicted octanol–water partition coefficient (Wildman–Crippen LogP) is 4.87. The van der Waals surface area contributed by atoms with Gasteiger partial charge in [0.05, 0.1) is 16.4 Å². The highest BCUT2D eigenvalue weighted by molar-refractivity contribution is 9.10. The van der Waals surface area contributed by atoms with Crippen LogP contribution in [-0.4, -0.2) is 15.1 Å². The summed E-state index contributed by atoms with van der Waals surface area (Å²) in [6, 6.07) is 8.43. The van der Waals surface area contributed by atoms with Crippen LogP contribution in [0.1, 0.15) is 22.9 Å². The molecule has 0 spiro atoms. The highest BCUT2D eigenvalue weighted by Crippen LogP contribution is 2.28. The lowest BCUT2D eigenvalue weighted by atomic mass is 9.96. The van der Waals surface area contributed by atoms with Gasteiger partial charge in [-0.3, -0.25) is 4.68 Å². The van der Waals surface area contributed by atoms with Crippen molar-refractivity contribution in [2.45, 2.75) is 19.3 Å². The molecule has 0 saturated carbocycles. The van der Waals surface area contributed by atoms with Crippen molar-refractivity contribution in [1.82, 2.24) is 9.78 Å². The van der Waals surface area contributed by atoms with Crippen LogP contribution < -0.4 is 0 Å². The molecule has 0 bridgehead atoms. The lowest BCUT2D eigenvalue weighted by Crippen LogP contribution is -2.08. The number of hydrogen-bond acceptors (Lipinski definition) is 1. The molecule has 102 valence electrons. The van der Waals surface area contributed by atoms with Crippen molar-refractivity contribution in [3.63, 3.8) is 0 Å². The van der Waals surface area contributed by atoms with Crippen molar-refractivity contribution >= 4 is 43.5 Å². The first kappa shape index (κ1) is 15.1. The van der Waals surface area contributed by atoms with Gasteiger partial charge in [0.15, 0.2) is 0 Å². The molecule has 1 atom stereocenters. The Bertz CT molecular complexity index is 564. The topological polar surface area (TPSA) is 17.8 Å². The summed E-state index contributed by atoms with van der Waals surface area (Å²) >= 11 is 13.4. The average molecular weight is 407 g/mol. The maximum Gasteiger partial charge on any atom is 0.0847 e. The number of alkyl halides is 1. The van der Waals surface area contributed by atoms with Crippen molar-refractivity contribution < 1.29 is 0 Å². The Hall–Kier alpha value is -0.320. The van der Waals surface area contributed by atoms with Gasteiger partial charge in [-0.1, -0.05) is 55.6 Å². The van der Waals surface area contributed by atoms with Crippen LogP contribution >= 0.6 is 43.5 Å². The minimum absolute atomic E-state index is 0.389. The number of benzene rings is 1. The van der Waals surface area contributed by atoms with E-state index in [0.717, 1.165) is 32.6 Å². The molecule has 0 amide bonds. The normalized spacial score (nSPS) is 12.7. The van der Waals surface area contributed by atoms with Crippen LogP contribution in [0.4, 0.5) is 0 Å². The highest BCUT2D eigenvalue weighted by atomic mass is 79.9. The van der Waals surface area contributed by atoms with Gasteiger partial charge < -0.3 is 0 Å². The third kappa shape index (κ3) is 3.41. The molecule has 19 heavy (non-hydrogen) atoms. The Morgan fingerprint density at radius 1 is 1.32 bits per heavy atom. The molecule has 2 nitrogen and oxygen atoms in total. The zero-order chi connectivity index (χ0) is 14.0. The van der Waals surface area contributed by atoms with Gasteiger partial charge in [0.2, 0.25) is 0 Å². The standard InChI is InChI=1S/C14H15Br2ClN2/c1-9-14(17)13(19(2)18-9)7-11(8-15)10-3-5-12(16)6-4-10/h3-6,11H,7-8H2,1-2H3. The van der Waals surface area contributed by atoms with Crippen LogP contribution in [0, 0.1) is 6.92 Å². The predicted molar refractivity (Wildman–Crippen MR) is 87.3 cm³/mol. The van der Waals surface area contributed by atoms with E-state index in [4.69, 9.17) is 11.6 Å². The van der Waals surface area contributed by atoms with Crippen LogP contribution in [0.15, 0.2) is 28.7 Å². The molecule has 0 N–H and O–H groups in total. The fraction of sp³-hybridized carbons (Fsp3) is 0.357. The molecule has 0 saturated heterocycles. The second kappa shape index (κ2) is 6.42. The van der Waals surface area contributed by atoms with Gasteiger partial charge >= 0.3 is 0 Å². The number of aromatic nitrogens is 2. The van der Waals surface area contributed by atoms with Gasteiger partial charge in [-0.25, -0.2) is 0 Å². The molecule has 0 aliphatic carbocycles. The van der Waals surface area contributed by atoms with Crippen LogP contribution in [0.2, 0.25) is 5.02 Å². The SMILES string of the molecule is Cc1nn(C)c(CC(CBr)c2ccc(Br)cc2)c1Cl. The first-order valence-electron chi connectivity index (χ1n) is 6.02. The van der Waals surface area contributed by atoms with E-state index in [1.54, 1.807) is 0 Å². The lowest BCUT2D eigenvalue weighted by Gasteiger charge is -2.15. The fourth-order valence-electron chi connectivity index (χ4n) is 2.13. The molecule has 2 aromatic rings. The highest BCUT2D eigenvalue weighted by Gasteiger charge is 2.17. The maximum atomic E-state index is 6.32. The first-order chi connectivity index (χ1) is 9.02. The molecule has 1 unspecified atom stereocenters. The van der Waals surface area contributed by atoms with E-state index >= 15 is 0 Å². The van der Waals surface area contributed by atoms with Gasteiger partial charge in [0.25, 0.3) is 0 Å². The van der Waals surface area contributed by atoms with Crippen molar-refractivity contribution in [3.8, 4) is 0 Å². The van der Waals surface area contributed by atoms with E-state index in [-0.39, 0.29) is 0 Å². The lowest BCUT2D eigenvalue weighted by molar-refractivity contribution is 0.660. The Balaban J connectivity index is 2.26. The zero-order valence-corrected chi connectivity index (χ0v) is 14.8. The van der Waals surface area contributed by atoms with Crippen LogP contribution in [0.3, 0.4) is 0 Å². The molecule has 0 aliphatic rings. The molecule has 1 heterocycles. The molecular formula is C14H15Br2ClN2. The molecule has 5 heteroatoms. The second-order valence-electron chi connectivity index (χ2n) is 4.58. The Morgan fingerprint density at radius 3 is 2.42 bits per heavy atom. The Labute approximate surface area is 135 Å². The average Bonchev–Trinajstić information content (AvgIpc) is 2.63. The quantitative estimate of drug-likeness (QED) is 0.663. The van der Waals surface area contributed by atoms with Crippen molar-refractivity contribution in [2.24, 2.45) is 7.05 Å². The fourth-order valence-corrected chi connectivity index (χ4v) is 3.24. The number of hydrogen-bond donors (Lipinski definition) is 0. The largest absolute Gasteiger partial charge is 0.271 e. The Kier molecular flexibility index (Phi) is 5.09. The first-order valence-corrected chi connectivity index (χ1v) is 8.31. The van der Waals surface area contributed by atoms with Crippen LogP contribution in [0.5, 0.6) is 0 Å². The minimum Gasteiger partial charge on any atom is -0.271 e. The van der Waals surface area contributed by atoms with E-state index in [0.29, 0.717) is 5.92 Å². The molecular weight excluding hydrogens is 391 g/mol. The summed E-state index contributed by atoms with van der Waals surface area (Å²) in [5.41, 5.74) is 3.28. The van der Waals surface area contributed by atoms with Gasteiger partial charge in [-0.15, -0.1) is 0 Å². The number of nitrogens with zero attached hydrogens (tertiary/aromatic N) is 2. The third-order valence-electron chi connectivity index (χ3n) is 3.23. The van der Waals surface area contributed by atoms with E-state index in [2.05, 4.69) is 61.2 Å². The van der Waals surface area contributed by atoms with Crippen molar-refractivity contribution in [1.29, 1.82) is 0 Å². The van der Waals surface area contributed by atoms with E-state index < -0.39 is 0 Å². The summed E-state index contributed by atoms with van der Waals surface area (Å²) in [7, 11) is 1.95. The van der Waals surface area contributed by atoms with Gasteiger partial charge in [0.1, 0.15) is 0 Å². The van der Waals surface area contributed by atoms with Gasteiger partial charge in [-0.2, -0.15) is 5.10 Å². The summed E-state index contributed by atoms with van der Waals surface area (Å²) in [5.74, 6) is 0.389. The van der Waals surface area contributed by atoms with Gasteiger partial charge in [0, 0.05) is 16.9 Å². The third-order valence-corrected chi connectivity index (χ3v) is 5.03. The second-order valence-corrected chi connectivity index (χ2v) is 6.52. The summed E-state index contributed by atoms with van der Waals surface area (Å²) in [5, 5.41) is 6.05. The summed E-state index contributed by atoms with van der Waals surface area (Å²) in [6.07, 6.45) is 0.878. The minimum atomic E-state index is 0.389. The van der Waals surface area contributed by atoms with Crippen molar-refractivity contribution in [2.75, 3.05) is 5.33 Å². The van der Waals surface area contributed by atoms with E-state index in [9.17, 15) is 0 Å². The van der Waals surface area contributed by atoms with Crippen molar-refractivity contribution in [3.05, 3.63) is 50.7 Å². The summed E-state index contributed by atoms with van der Waals surface area (Å²) < 4.78 is 2.98.